The lowest BCUT2D eigenvalue weighted by Gasteiger charge is -2.06. The molecule has 84 valence electrons. The zero-order chi connectivity index (χ0) is 11.7. The van der Waals surface area contributed by atoms with Crippen molar-refractivity contribution in [2.75, 3.05) is 0 Å². The number of rotatable bonds is 3. The number of Topliss-reactive ketones (excluding diaryl/α,β-unsaturated/α-hetero) is 1. The van der Waals surface area contributed by atoms with Gasteiger partial charge in [0.15, 0.2) is 5.78 Å². The second kappa shape index (κ2) is 4.10. The Balaban J connectivity index is 2.61. The Morgan fingerprint density at radius 2 is 2.25 bits per heavy atom. The van der Waals surface area contributed by atoms with E-state index in [0.717, 1.165) is 22.9 Å². The van der Waals surface area contributed by atoms with Gasteiger partial charge in [0, 0.05) is 22.7 Å². The molecular formula is C13H16N2O. The third kappa shape index (κ3) is 1.63. The highest BCUT2D eigenvalue weighted by molar-refractivity contribution is 5.92. The Kier molecular flexibility index (Phi) is 2.79. The summed E-state index contributed by atoms with van der Waals surface area (Å²) in [5, 5.41) is 1.06. The lowest BCUT2D eigenvalue weighted by Crippen LogP contribution is -2.17. The molecule has 0 aliphatic carbocycles. The first kappa shape index (κ1) is 10.9. The third-order valence-electron chi connectivity index (χ3n) is 2.99. The maximum absolute atomic E-state index is 11.3. The van der Waals surface area contributed by atoms with Gasteiger partial charge in [0.05, 0.1) is 6.04 Å². The zero-order valence-corrected chi connectivity index (χ0v) is 9.58. The fraction of sp³-hybridized carbons (Fsp3) is 0.308. The largest absolute Gasteiger partial charge is 0.361 e. The first-order valence-corrected chi connectivity index (χ1v) is 5.50. The lowest BCUT2D eigenvalue weighted by atomic mass is 10.0. The summed E-state index contributed by atoms with van der Waals surface area (Å²) in [4.78, 5) is 14.5. The SMILES string of the molecule is CCc1cccc2c([C@H](N)C(C)=O)c[nH]c12. The minimum Gasteiger partial charge on any atom is -0.361 e. The Morgan fingerprint density at radius 1 is 1.50 bits per heavy atom. The minimum absolute atomic E-state index is 0.0113. The van der Waals surface area contributed by atoms with Gasteiger partial charge in [-0.05, 0) is 18.9 Å². The van der Waals surface area contributed by atoms with Crippen molar-refractivity contribution in [3.05, 3.63) is 35.5 Å². The Bertz CT molecular complexity index is 528. The summed E-state index contributed by atoms with van der Waals surface area (Å²) in [6, 6.07) is 5.57. The van der Waals surface area contributed by atoms with Crippen LogP contribution in [0.1, 0.15) is 31.0 Å². The molecule has 0 unspecified atom stereocenters. The first-order valence-electron chi connectivity index (χ1n) is 5.50. The van der Waals surface area contributed by atoms with E-state index >= 15 is 0 Å². The standard InChI is InChI=1S/C13H16N2O/c1-3-9-5-4-6-10-11(7-15-13(9)10)12(14)8(2)16/h4-7,12,15H,3,14H2,1-2H3/t12-/m1/s1. The minimum atomic E-state index is -0.527. The van der Waals surface area contributed by atoms with Gasteiger partial charge in [-0.3, -0.25) is 4.79 Å². The number of fused-ring (bicyclic) bond motifs is 1. The van der Waals surface area contributed by atoms with Crippen molar-refractivity contribution < 1.29 is 4.79 Å². The quantitative estimate of drug-likeness (QED) is 0.827. The summed E-state index contributed by atoms with van der Waals surface area (Å²) in [5.41, 5.74) is 9.10. The predicted molar refractivity (Wildman–Crippen MR) is 65.3 cm³/mol. The molecule has 0 saturated carbocycles. The maximum atomic E-state index is 11.3. The smallest absolute Gasteiger partial charge is 0.151 e. The van der Waals surface area contributed by atoms with Gasteiger partial charge in [0.1, 0.15) is 0 Å². The number of carbonyl (C=O) groups excluding carboxylic acids is 1. The molecule has 0 aliphatic rings. The van der Waals surface area contributed by atoms with Crippen LogP contribution in [0.15, 0.2) is 24.4 Å². The van der Waals surface area contributed by atoms with Crippen LogP contribution in [0, 0.1) is 0 Å². The topological polar surface area (TPSA) is 58.9 Å². The summed E-state index contributed by atoms with van der Waals surface area (Å²) in [7, 11) is 0. The number of benzene rings is 1. The van der Waals surface area contributed by atoms with E-state index in [2.05, 4.69) is 18.0 Å². The molecule has 0 radical (unpaired) electrons. The van der Waals surface area contributed by atoms with Crippen molar-refractivity contribution in [2.24, 2.45) is 5.73 Å². The van der Waals surface area contributed by atoms with E-state index in [1.807, 2.05) is 18.3 Å². The van der Waals surface area contributed by atoms with E-state index in [0.29, 0.717) is 0 Å². The molecule has 0 saturated heterocycles. The number of carbonyl (C=O) groups is 1. The number of nitrogens with one attached hydrogen (secondary N) is 1. The van der Waals surface area contributed by atoms with Crippen LogP contribution in [0.4, 0.5) is 0 Å². The number of H-pyrrole nitrogens is 1. The number of aromatic nitrogens is 1. The van der Waals surface area contributed by atoms with E-state index in [-0.39, 0.29) is 5.78 Å². The van der Waals surface area contributed by atoms with E-state index in [4.69, 9.17) is 5.73 Å². The molecule has 0 amide bonds. The second-order valence-corrected chi connectivity index (χ2v) is 4.03. The van der Waals surface area contributed by atoms with Gasteiger partial charge in [-0.15, -0.1) is 0 Å². The molecule has 0 spiro atoms. The number of aryl methyl sites for hydroxylation is 1. The van der Waals surface area contributed by atoms with E-state index in [1.54, 1.807) is 0 Å². The van der Waals surface area contributed by atoms with Crippen LogP contribution >= 0.6 is 0 Å². The Hall–Kier alpha value is -1.61. The molecule has 16 heavy (non-hydrogen) atoms. The van der Waals surface area contributed by atoms with Gasteiger partial charge >= 0.3 is 0 Å². The fourth-order valence-corrected chi connectivity index (χ4v) is 2.01. The summed E-state index contributed by atoms with van der Waals surface area (Å²) >= 11 is 0. The van der Waals surface area contributed by atoms with Gasteiger partial charge < -0.3 is 10.7 Å². The molecule has 1 aromatic heterocycles. The molecule has 0 fully saturated rings. The van der Waals surface area contributed by atoms with Crippen molar-refractivity contribution in [1.82, 2.24) is 4.98 Å². The van der Waals surface area contributed by atoms with Crippen LogP contribution < -0.4 is 5.73 Å². The van der Waals surface area contributed by atoms with Crippen molar-refractivity contribution in [2.45, 2.75) is 26.3 Å². The summed E-state index contributed by atoms with van der Waals surface area (Å²) in [6.45, 7) is 3.63. The molecule has 1 heterocycles. The van der Waals surface area contributed by atoms with Crippen molar-refractivity contribution in [3.63, 3.8) is 0 Å². The molecule has 3 heteroatoms. The van der Waals surface area contributed by atoms with Crippen LogP contribution in [0.5, 0.6) is 0 Å². The van der Waals surface area contributed by atoms with Crippen LogP contribution in [-0.2, 0) is 11.2 Å². The monoisotopic (exact) mass is 216 g/mol. The van der Waals surface area contributed by atoms with Crippen LogP contribution in [0.25, 0.3) is 10.9 Å². The highest BCUT2D eigenvalue weighted by atomic mass is 16.1. The van der Waals surface area contributed by atoms with E-state index in [9.17, 15) is 4.79 Å². The number of nitrogens with two attached hydrogens (primary N) is 1. The zero-order valence-electron chi connectivity index (χ0n) is 9.58. The van der Waals surface area contributed by atoms with Crippen molar-refractivity contribution in [1.29, 1.82) is 0 Å². The normalized spacial score (nSPS) is 12.9. The van der Waals surface area contributed by atoms with Crippen LogP contribution in [0.2, 0.25) is 0 Å². The molecule has 2 rings (SSSR count). The molecule has 0 aliphatic heterocycles. The average molecular weight is 216 g/mol. The molecule has 0 bridgehead atoms. The molecular weight excluding hydrogens is 200 g/mol. The Labute approximate surface area is 94.6 Å². The molecule has 3 N–H and O–H groups in total. The number of hydrogen-bond acceptors (Lipinski definition) is 2. The highest BCUT2D eigenvalue weighted by Gasteiger charge is 2.16. The molecule has 2 aromatic rings. The molecule has 1 aromatic carbocycles. The number of aromatic amines is 1. The van der Waals surface area contributed by atoms with E-state index < -0.39 is 6.04 Å². The summed E-state index contributed by atoms with van der Waals surface area (Å²) < 4.78 is 0. The highest BCUT2D eigenvalue weighted by Crippen LogP contribution is 2.26. The third-order valence-corrected chi connectivity index (χ3v) is 2.99. The van der Waals surface area contributed by atoms with Gasteiger partial charge in [-0.1, -0.05) is 25.1 Å². The maximum Gasteiger partial charge on any atom is 0.151 e. The molecule has 1 atom stereocenters. The van der Waals surface area contributed by atoms with E-state index in [1.165, 1.54) is 12.5 Å². The second-order valence-electron chi connectivity index (χ2n) is 4.03. The predicted octanol–water partition coefficient (Wildman–Crippen LogP) is 2.32. The number of ketones is 1. The summed E-state index contributed by atoms with van der Waals surface area (Å²) in [6.07, 6.45) is 2.81. The van der Waals surface area contributed by atoms with Gasteiger partial charge in [-0.2, -0.15) is 0 Å². The van der Waals surface area contributed by atoms with Gasteiger partial charge in [0.25, 0.3) is 0 Å². The van der Waals surface area contributed by atoms with Crippen LogP contribution in [-0.4, -0.2) is 10.8 Å². The molecule has 3 nitrogen and oxygen atoms in total. The average Bonchev–Trinajstić information content (AvgIpc) is 2.71. The van der Waals surface area contributed by atoms with Gasteiger partial charge in [-0.25, -0.2) is 0 Å². The number of hydrogen-bond donors (Lipinski definition) is 2. The first-order chi connectivity index (χ1) is 7.65. The number of para-hydroxylation sites is 1. The Morgan fingerprint density at radius 3 is 2.88 bits per heavy atom. The van der Waals surface area contributed by atoms with Crippen molar-refractivity contribution >= 4 is 16.7 Å². The summed E-state index contributed by atoms with van der Waals surface area (Å²) in [5.74, 6) is -0.0113. The fourth-order valence-electron chi connectivity index (χ4n) is 2.01. The van der Waals surface area contributed by atoms with Crippen molar-refractivity contribution in [3.8, 4) is 0 Å². The van der Waals surface area contributed by atoms with Gasteiger partial charge in [0.2, 0.25) is 0 Å². The lowest BCUT2D eigenvalue weighted by molar-refractivity contribution is -0.118. The van der Waals surface area contributed by atoms with Crippen LogP contribution in [0.3, 0.4) is 0 Å².